The molecular weight excluding hydrogens is 328 g/mol. The average molecular weight is 352 g/mol. The summed E-state index contributed by atoms with van der Waals surface area (Å²) < 4.78 is 5.74. The van der Waals surface area contributed by atoms with Crippen molar-refractivity contribution >= 4 is 11.7 Å². The van der Waals surface area contributed by atoms with E-state index >= 15 is 0 Å². The van der Waals surface area contributed by atoms with Crippen molar-refractivity contribution in [2.24, 2.45) is 11.7 Å². The Kier molecular flexibility index (Phi) is 6.70. The van der Waals surface area contributed by atoms with Crippen LogP contribution in [-0.4, -0.2) is 23.5 Å². The van der Waals surface area contributed by atoms with Crippen molar-refractivity contribution in [3.05, 3.63) is 42.1 Å². The molecule has 0 unspecified atom stereocenters. The van der Waals surface area contributed by atoms with Crippen molar-refractivity contribution in [2.45, 2.75) is 33.2 Å². The van der Waals surface area contributed by atoms with E-state index in [-0.39, 0.29) is 11.9 Å². The number of amides is 1. The van der Waals surface area contributed by atoms with Gasteiger partial charge in [-0.3, -0.25) is 4.79 Å². The molecule has 1 atom stereocenters. The number of pyridine rings is 1. The summed E-state index contributed by atoms with van der Waals surface area (Å²) in [6.45, 7) is 6.02. The van der Waals surface area contributed by atoms with Gasteiger partial charge in [0.25, 0.3) is 0 Å². The van der Waals surface area contributed by atoms with Gasteiger partial charge in [-0.05, 0) is 47.7 Å². The predicted octanol–water partition coefficient (Wildman–Crippen LogP) is 3.33. The van der Waals surface area contributed by atoms with Crippen molar-refractivity contribution < 1.29 is 9.53 Å². The molecule has 0 spiro atoms. The van der Waals surface area contributed by atoms with E-state index in [9.17, 15) is 10.1 Å². The number of carbonyl (C=O) groups is 1. The zero-order chi connectivity index (χ0) is 19.1. The van der Waals surface area contributed by atoms with Crippen molar-refractivity contribution in [3.63, 3.8) is 0 Å². The molecule has 0 radical (unpaired) electrons. The van der Waals surface area contributed by atoms with Gasteiger partial charge in [0.1, 0.15) is 24.2 Å². The molecule has 26 heavy (non-hydrogen) atoms. The smallest absolute Gasteiger partial charge is 0.222 e. The number of hydrogen-bond donors (Lipinski definition) is 2. The highest BCUT2D eigenvalue weighted by Gasteiger charge is 2.11. The van der Waals surface area contributed by atoms with Gasteiger partial charge in [-0.2, -0.15) is 5.26 Å². The van der Waals surface area contributed by atoms with E-state index in [1.54, 1.807) is 24.4 Å². The number of nitrogens with zero attached hydrogens (tertiary/aromatic N) is 2. The number of nitriles is 1. The molecule has 1 heterocycles. The number of nitrogens with one attached hydrogen (secondary N) is 1. The molecule has 0 aliphatic heterocycles. The van der Waals surface area contributed by atoms with E-state index in [1.165, 1.54) is 6.92 Å². The first-order chi connectivity index (χ1) is 12.4. The molecule has 6 nitrogen and oxygen atoms in total. The Balaban J connectivity index is 2.18. The Morgan fingerprint density at radius 3 is 2.69 bits per heavy atom. The fraction of sp³-hybridized carbons (Fsp3) is 0.350. The lowest BCUT2D eigenvalue weighted by Gasteiger charge is -2.16. The zero-order valence-electron chi connectivity index (χ0n) is 15.3. The highest BCUT2D eigenvalue weighted by Crippen LogP contribution is 2.27. The lowest BCUT2D eigenvalue weighted by atomic mass is 10.0. The maximum atomic E-state index is 11.2. The summed E-state index contributed by atoms with van der Waals surface area (Å²) >= 11 is 0. The summed E-state index contributed by atoms with van der Waals surface area (Å²) in [4.78, 5) is 15.3. The third-order valence-corrected chi connectivity index (χ3v) is 3.72. The van der Waals surface area contributed by atoms with Crippen LogP contribution in [0.1, 0.15) is 32.8 Å². The van der Waals surface area contributed by atoms with Gasteiger partial charge in [0.2, 0.25) is 5.91 Å². The normalized spacial score (nSPS) is 11.7. The van der Waals surface area contributed by atoms with Crippen LogP contribution in [0.2, 0.25) is 0 Å². The van der Waals surface area contributed by atoms with Crippen molar-refractivity contribution in [2.75, 3.05) is 11.9 Å². The third-order valence-electron chi connectivity index (χ3n) is 3.72. The highest BCUT2D eigenvalue weighted by atomic mass is 16.5. The number of carbonyl (C=O) groups excluding carboxylic acids is 1. The second-order valence-corrected chi connectivity index (χ2v) is 6.63. The number of aromatic nitrogens is 1. The molecule has 1 aromatic carbocycles. The minimum Gasteiger partial charge on any atom is -0.491 e. The van der Waals surface area contributed by atoms with Gasteiger partial charge >= 0.3 is 0 Å². The molecule has 136 valence electrons. The molecule has 0 saturated carbocycles. The first-order valence-corrected chi connectivity index (χ1v) is 8.55. The van der Waals surface area contributed by atoms with Crippen LogP contribution in [-0.2, 0) is 4.79 Å². The maximum absolute atomic E-state index is 11.2. The van der Waals surface area contributed by atoms with Gasteiger partial charge in [0, 0.05) is 19.2 Å². The Morgan fingerprint density at radius 1 is 1.31 bits per heavy atom. The van der Waals surface area contributed by atoms with Crippen LogP contribution in [0.25, 0.3) is 11.1 Å². The number of anilines is 1. The Morgan fingerprint density at radius 2 is 2.04 bits per heavy atom. The fourth-order valence-corrected chi connectivity index (χ4v) is 2.65. The predicted molar refractivity (Wildman–Crippen MR) is 102 cm³/mol. The van der Waals surface area contributed by atoms with E-state index < -0.39 is 0 Å². The highest BCUT2D eigenvalue weighted by molar-refractivity contribution is 5.88. The molecule has 0 aliphatic carbocycles. The number of ether oxygens (including phenoxy) is 1. The SMILES string of the molecule is CC(=O)Nc1cc(-c2ccc(OC[C@@H](N)CC(C)C)c(C#N)c2)ccn1. The molecule has 1 aromatic heterocycles. The monoisotopic (exact) mass is 352 g/mol. The van der Waals surface area contributed by atoms with Crippen LogP contribution in [0.3, 0.4) is 0 Å². The molecular formula is C20H24N4O2. The summed E-state index contributed by atoms with van der Waals surface area (Å²) in [6.07, 6.45) is 2.48. The van der Waals surface area contributed by atoms with E-state index in [4.69, 9.17) is 10.5 Å². The van der Waals surface area contributed by atoms with Crippen LogP contribution in [0.15, 0.2) is 36.5 Å². The van der Waals surface area contributed by atoms with Gasteiger partial charge in [0.15, 0.2) is 0 Å². The third kappa shape index (κ3) is 5.57. The average Bonchev–Trinajstić information content (AvgIpc) is 2.59. The van der Waals surface area contributed by atoms with Crippen LogP contribution in [0.5, 0.6) is 5.75 Å². The maximum Gasteiger partial charge on any atom is 0.222 e. The van der Waals surface area contributed by atoms with E-state index in [1.807, 2.05) is 12.1 Å². The van der Waals surface area contributed by atoms with Crippen molar-refractivity contribution in [1.82, 2.24) is 4.98 Å². The lowest BCUT2D eigenvalue weighted by molar-refractivity contribution is -0.114. The molecule has 3 N–H and O–H groups in total. The van der Waals surface area contributed by atoms with Gasteiger partial charge in [-0.25, -0.2) is 4.98 Å². The van der Waals surface area contributed by atoms with Gasteiger partial charge in [0.05, 0.1) is 5.56 Å². The number of hydrogen-bond acceptors (Lipinski definition) is 5. The minimum absolute atomic E-state index is 0.0679. The van der Waals surface area contributed by atoms with E-state index in [2.05, 4.69) is 30.2 Å². The Bertz CT molecular complexity index is 812. The van der Waals surface area contributed by atoms with Crippen LogP contribution in [0, 0.1) is 17.2 Å². The molecule has 2 aromatic rings. The molecule has 0 aliphatic rings. The van der Waals surface area contributed by atoms with Gasteiger partial charge in [-0.1, -0.05) is 19.9 Å². The van der Waals surface area contributed by atoms with Crippen molar-refractivity contribution in [1.29, 1.82) is 5.26 Å². The molecule has 6 heteroatoms. The van der Waals surface area contributed by atoms with Gasteiger partial charge in [-0.15, -0.1) is 0 Å². The standard InChI is InChI=1S/C20H24N4O2/c1-13(2)8-18(22)12-26-19-5-4-15(9-17(19)11-21)16-6-7-23-20(10-16)24-14(3)25/h4-7,9-10,13,18H,8,12,22H2,1-3H3,(H,23,24,25)/t18-/m0/s1. The summed E-state index contributed by atoms with van der Waals surface area (Å²) in [7, 11) is 0. The van der Waals surface area contributed by atoms with Crippen LogP contribution >= 0.6 is 0 Å². The second kappa shape index (κ2) is 8.97. The molecule has 1 amide bonds. The fourth-order valence-electron chi connectivity index (χ4n) is 2.65. The van der Waals surface area contributed by atoms with Crippen molar-refractivity contribution in [3.8, 4) is 22.9 Å². The molecule has 0 saturated heterocycles. The van der Waals surface area contributed by atoms with E-state index in [0.29, 0.717) is 29.7 Å². The summed E-state index contributed by atoms with van der Waals surface area (Å²) in [5, 5.41) is 12.1. The second-order valence-electron chi connectivity index (χ2n) is 6.63. The largest absolute Gasteiger partial charge is 0.491 e. The van der Waals surface area contributed by atoms with Crippen LogP contribution < -0.4 is 15.8 Å². The molecule has 0 fully saturated rings. The number of rotatable bonds is 7. The van der Waals surface area contributed by atoms with Gasteiger partial charge < -0.3 is 15.8 Å². The Labute approximate surface area is 154 Å². The minimum atomic E-state index is -0.186. The topological polar surface area (TPSA) is 101 Å². The number of benzene rings is 1. The summed E-state index contributed by atoms with van der Waals surface area (Å²) in [6, 6.07) is 11.1. The first-order valence-electron chi connectivity index (χ1n) is 8.55. The quantitative estimate of drug-likeness (QED) is 0.796. The van der Waals surface area contributed by atoms with Crippen LogP contribution in [0.4, 0.5) is 5.82 Å². The summed E-state index contributed by atoms with van der Waals surface area (Å²) in [5.74, 6) is 1.30. The zero-order valence-corrected chi connectivity index (χ0v) is 15.3. The Hall–Kier alpha value is -2.91. The number of nitrogens with two attached hydrogens (primary N) is 1. The first kappa shape index (κ1) is 19.4. The molecule has 2 rings (SSSR count). The summed E-state index contributed by atoms with van der Waals surface area (Å²) in [5.41, 5.74) is 8.18. The van der Waals surface area contributed by atoms with E-state index in [0.717, 1.165) is 17.5 Å². The lowest BCUT2D eigenvalue weighted by Crippen LogP contribution is -2.29. The molecule has 0 bridgehead atoms.